The second kappa shape index (κ2) is 3.54. The van der Waals surface area contributed by atoms with Gasteiger partial charge in [-0.25, -0.2) is 4.79 Å². The zero-order chi connectivity index (χ0) is 13.7. The highest BCUT2D eigenvalue weighted by molar-refractivity contribution is 5.98. The van der Waals surface area contributed by atoms with E-state index in [9.17, 15) is 9.90 Å². The lowest BCUT2D eigenvalue weighted by molar-refractivity contribution is -0.142. The van der Waals surface area contributed by atoms with Crippen molar-refractivity contribution in [1.82, 2.24) is 0 Å². The molecule has 1 heterocycles. The van der Waals surface area contributed by atoms with Gasteiger partial charge >= 0.3 is 5.97 Å². The minimum absolute atomic E-state index is 0.0412. The molecule has 98 valence electrons. The van der Waals surface area contributed by atoms with Crippen molar-refractivity contribution >= 4 is 11.7 Å². The Kier molecular flexibility index (Phi) is 2.47. The molecular weight excluding hydrogens is 234 g/mol. The average molecular weight is 251 g/mol. The molecule has 0 aliphatic carbocycles. The van der Waals surface area contributed by atoms with E-state index in [1.54, 1.807) is 13.0 Å². The molecule has 0 fully saturated rings. The molecule has 1 aromatic rings. The van der Waals surface area contributed by atoms with E-state index in [1.807, 2.05) is 20.8 Å². The summed E-state index contributed by atoms with van der Waals surface area (Å²) in [5, 5.41) is 9.19. The zero-order valence-electron chi connectivity index (χ0n) is 10.9. The SMILES string of the molecule is CC(C)(C)C1(C)Oc2ccc(N)c(C(=O)O)c2O1. The smallest absolute Gasteiger partial charge is 0.341 e. The normalized spacial score (nSPS) is 22.0. The van der Waals surface area contributed by atoms with Crippen molar-refractivity contribution in [2.45, 2.75) is 33.5 Å². The molecule has 18 heavy (non-hydrogen) atoms. The second-order valence-electron chi connectivity index (χ2n) is 5.56. The summed E-state index contributed by atoms with van der Waals surface area (Å²) in [7, 11) is 0. The molecule has 1 unspecified atom stereocenters. The topological polar surface area (TPSA) is 81.8 Å². The van der Waals surface area contributed by atoms with E-state index in [1.165, 1.54) is 6.07 Å². The van der Waals surface area contributed by atoms with Gasteiger partial charge in [-0.2, -0.15) is 0 Å². The Morgan fingerprint density at radius 2 is 1.94 bits per heavy atom. The van der Waals surface area contributed by atoms with Crippen LogP contribution in [0.15, 0.2) is 12.1 Å². The molecule has 0 spiro atoms. The number of nitrogen functional groups attached to an aromatic ring is 1. The number of rotatable bonds is 1. The van der Waals surface area contributed by atoms with Gasteiger partial charge in [-0.05, 0) is 12.1 Å². The number of carboxylic acid groups (broad SMARTS) is 1. The first-order chi connectivity index (χ1) is 8.16. The van der Waals surface area contributed by atoms with Crippen LogP contribution in [0, 0.1) is 5.41 Å². The Labute approximate surface area is 106 Å². The van der Waals surface area contributed by atoms with Crippen molar-refractivity contribution in [2.24, 2.45) is 5.41 Å². The lowest BCUT2D eigenvalue weighted by Gasteiger charge is -2.35. The summed E-state index contributed by atoms with van der Waals surface area (Å²) >= 11 is 0. The summed E-state index contributed by atoms with van der Waals surface area (Å²) in [4.78, 5) is 11.2. The van der Waals surface area contributed by atoms with Gasteiger partial charge in [0, 0.05) is 12.3 Å². The number of nitrogens with two attached hydrogens (primary N) is 1. The quantitative estimate of drug-likeness (QED) is 0.749. The Bertz CT molecular complexity index is 518. The highest BCUT2D eigenvalue weighted by atomic mass is 16.7. The summed E-state index contributed by atoms with van der Waals surface area (Å²) in [6.07, 6.45) is 0. The third-order valence-electron chi connectivity index (χ3n) is 3.33. The second-order valence-corrected chi connectivity index (χ2v) is 5.56. The summed E-state index contributed by atoms with van der Waals surface area (Å²) < 4.78 is 11.5. The predicted molar refractivity (Wildman–Crippen MR) is 66.9 cm³/mol. The van der Waals surface area contributed by atoms with Gasteiger partial charge in [0.1, 0.15) is 5.56 Å². The molecule has 1 aliphatic heterocycles. The van der Waals surface area contributed by atoms with Crippen LogP contribution >= 0.6 is 0 Å². The van der Waals surface area contributed by atoms with Gasteiger partial charge in [0.05, 0.1) is 5.69 Å². The number of fused-ring (bicyclic) bond motifs is 1. The number of carbonyl (C=O) groups is 1. The maximum Gasteiger partial charge on any atom is 0.341 e. The molecule has 0 aromatic heterocycles. The molecule has 0 amide bonds. The van der Waals surface area contributed by atoms with Crippen LogP contribution < -0.4 is 15.2 Å². The van der Waals surface area contributed by atoms with Crippen LogP contribution in [0.4, 0.5) is 5.69 Å². The van der Waals surface area contributed by atoms with Crippen molar-refractivity contribution in [3.63, 3.8) is 0 Å². The molecule has 1 aliphatic rings. The van der Waals surface area contributed by atoms with Gasteiger partial charge in [-0.15, -0.1) is 0 Å². The first-order valence-electron chi connectivity index (χ1n) is 5.69. The lowest BCUT2D eigenvalue weighted by atomic mass is 9.87. The maximum atomic E-state index is 11.2. The molecule has 5 nitrogen and oxygen atoms in total. The highest BCUT2D eigenvalue weighted by Gasteiger charge is 2.48. The summed E-state index contributed by atoms with van der Waals surface area (Å²) in [5.41, 5.74) is 5.50. The van der Waals surface area contributed by atoms with Gasteiger partial charge in [-0.3, -0.25) is 0 Å². The summed E-state index contributed by atoms with van der Waals surface area (Å²) in [6.45, 7) is 7.67. The van der Waals surface area contributed by atoms with Gasteiger partial charge in [0.25, 0.3) is 5.79 Å². The zero-order valence-corrected chi connectivity index (χ0v) is 10.9. The molecule has 0 saturated carbocycles. The third kappa shape index (κ3) is 1.66. The fourth-order valence-electron chi connectivity index (χ4n) is 1.71. The van der Waals surface area contributed by atoms with Crippen LogP contribution in [0.2, 0.25) is 0 Å². The van der Waals surface area contributed by atoms with Crippen LogP contribution in [-0.2, 0) is 0 Å². The molecule has 1 aromatic carbocycles. The molecule has 0 saturated heterocycles. The Balaban J connectivity index is 2.54. The molecule has 5 heteroatoms. The standard InChI is InChI=1S/C13H17NO4/c1-12(2,3)13(4)17-8-6-5-7(14)9(11(15)16)10(8)18-13/h5-6H,14H2,1-4H3,(H,15,16). The molecule has 1 atom stereocenters. The first-order valence-corrected chi connectivity index (χ1v) is 5.69. The van der Waals surface area contributed by atoms with E-state index < -0.39 is 11.8 Å². The average Bonchev–Trinajstić information content (AvgIpc) is 2.54. The van der Waals surface area contributed by atoms with Crippen LogP contribution in [0.5, 0.6) is 11.5 Å². The summed E-state index contributed by atoms with van der Waals surface area (Å²) in [5.74, 6) is -1.40. The summed E-state index contributed by atoms with van der Waals surface area (Å²) in [6, 6.07) is 3.15. The van der Waals surface area contributed by atoms with Crippen molar-refractivity contribution in [3.05, 3.63) is 17.7 Å². The van der Waals surface area contributed by atoms with Gasteiger partial charge in [0.2, 0.25) is 0 Å². The van der Waals surface area contributed by atoms with E-state index in [0.29, 0.717) is 5.75 Å². The van der Waals surface area contributed by atoms with Crippen LogP contribution in [0.25, 0.3) is 0 Å². The number of carboxylic acids is 1. The van der Waals surface area contributed by atoms with Gasteiger partial charge < -0.3 is 20.3 Å². The minimum atomic E-state index is -1.12. The van der Waals surface area contributed by atoms with Gasteiger partial charge in [0.15, 0.2) is 11.5 Å². The fourth-order valence-corrected chi connectivity index (χ4v) is 1.71. The van der Waals surface area contributed by atoms with E-state index in [4.69, 9.17) is 15.2 Å². The first kappa shape index (κ1) is 12.5. The van der Waals surface area contributed by atoms with E-state index in [2.05, 4.69) is 0 Å². The number of ether oxygens (including phenoxy) is 2. The maximum absolute atomic E-state index is 11.2. The van der Waals surface area contributed by atoms with Crippen LogP contribution in [0.1, 0.15) is 38.1 Å². The van der Waals surface area contributed by atoms with Crippen molar-refractivity contribution < 1.29 is 19.4 Å². The molecular formula is C13H17NO4. The molecule has 2 rings (SSSR count). The van der Waals surface area contributed by atoms with E-state index in [-0.39, 0.29) is 22.4 Å². The van der Waals surface area contributed by atoms with Crippen molar-refractivity contribution in [2.75, 3.05) is 5.73 Å². The monoisotopic (exact) mass is 251 g/mol. The number of hydrogen-bond donors (Lipinski definition) is 2. The van der Waals surface area contributed by atoms with Crippen molar-refractivity contribution in [3.8, 4) is 11.5 Å². The number of hydrogen-bond acceptors (Lipinski definition) is 4. The van der Waals surface area contributed by atoms with Gasteiger partial charge in [-0.1, -0.05) is 20.8 Å². The number of benzene rings is 1. The largest absolute Gasteiger partial charge is 0.477 e. The van der Waals surface area contributed by atoms with Crippen LogP contribution in [-0.4, -0.2) is 16.9 Å². The Morgan fingerprint density at radius 1 is 1.33 bits per heavy atom. The number of aromatic carboxylic acids is 1. The van der Waals surface area contributed by atoms with Crippen LogP contribution in [0.3, 0.4) is 0 Å². The molecule has 3 N–H and O–H groups in total. The Hall–Kier alpha value is -1.91. The lowest BCUT2D eigenvalue weighted by Crippen LogP contribution is -2.47. The van der Waals surface area contributed by atoms with Crippen molar-refractivity contribution in [1.29, 1.82) is 0 Å². The van der Waals surface area contributed by atoms with E-state index in [0.717, 1.165) is 0 Å². The minimum Gasteiger partial charge on any atom is -0.477 e. The predicted octanol–water partition coefficient (Wildman–Crippen LogP) is 2.50. The Morgan fingerprint density at radius 3 is 2.44 bits per heavy atom. The third-order valence-corrected chi connectivity index (χ3v) is 3.33. The highest BCUT2D eigenvalue weighted by Crippen LogP contribution is 2.49. The fraction of sp³-hybridized carbons (Fsp3) is 0.462. The number of anilines is 1. The molecule has 0 radical (unpaired) electrons. The van der Waals surface area contributed by atoms with E-state index >= 15 is 0 Å². The molecule has 0 bridgehead atoms.